The highest BCUT2D eigenvalue weighted by Crippen LogP contribution is 2.27. The average Bonchev–Trinajstić information content (AvgIpc) is 2.97. The van der Waals surface area contributed by atoms with Crippen molar-refractivity contribution in [1.29, 1.82) is 0 Å². The standard InChI is InChI=1S/C17H15ClN2O2/c1-22-17-7-6-11(18)8-15(17)20-10-16(21)13-9-19-14-5-3-2-4-12(13)14/h2-9,19-20H,10H2,1H3. The number of Topliss-reactive ketones (excluding diaryl/α,β-unsaturated/α-hetero) is 1. The van der Waals surface area contributed by atoms with Gasteiger partial charge in [0.15, 0.2) is 5.78 Å². The van der Waals surface area contributed by atoms with Gasteiger partial charge in [0.05, 0.1) is 19.3 Å². The van der Waals surface area contributed by atoms with Gasteiger partial charge in [-0.1, -0.05) is 29.8 Å². The fraction of sp³-hybridized carbons (Fsp3) is 0.118. The van der Waals surface area contributed by atoms with E-state index in [9.17, 15) is 4.79 Å². The molecule has 1 heterocycles. The Labute approximate surface area is 133 Å². The van der Waals surface area contributed by atoms with E-state index in [1.807, 2.05) is 24.3 Å². The molecule has 0 saturated carbocycles. The molecule has 112 valence electrons. The summed E-state index contributed by atoms with van der Waals surface area (Å²) >= 11 is 5.98. The second kappa shape index (κ2) is 6.12. The van der Waals surface area contributed by atoms with Crippen LogP contribution in [0.25, 0.3) is 10.9 Å². The number of hydrogen-bond acceptors (Lipinski definition) is 3. The van der Waals surface area contributed by atoms with E-state index in [0.29, 0.717) is 22.0 Å². The van der Waals surface area contributed by atoms with Crippen molar-refractivity contribution in [2.24, 2.45) is 0 Å². The molecular weight excluding hydrogens is 300 g/mol. The second-order valence-corrected chi connectivity index (χ2v) is 5.31. The van der Waals surface area contributed by atoms with E-state index in [-0.39, 0.29) is 12.3 Å². The van der Waals surface area contributed by atoms with Crippen LogP contribution in [-0.2, 0) is 0 Å². The minimum atomic E-state index is -0.000483. The van der Waals surface area contributed by atoms with Gasteiger partial charge in [0.1, 0.15) is 5.75 Å². The molecule has 0 radical (unpaired) electrons. The molecule has 3 rings (SSSR count). The number of para-hydroxylation sites is 1. The number of hydrogen-bond donors (Lipinski definition) is 2. The Hall–Kier alpha value is -2.46. The zero-order chi connectivity index (χ0) is 15.5. The lowest BCUT2D eigenvalue weighted by atomic mass is 10.1. The van der Waals surface area contributed by atoms with E-state index in [2.05, 4.69) is 10.3 Å². The number of anilines is 1. The lowest BCUT2D eigenvalue weighted by molar-refractivity contribution is 0.101. The van der Waals surface area contributed by atoms with Gasteiger partial charge in [0.25, 0.3) is 0 Å². The number of methoxy groups -OCH3 is 1. The molecule has 1 aromatic heterocycles. The summed E-state index contributed by atoms with van der Waals surface area (Å²) in [7, 11) is 1.58. The quantitative estimate of drug-likeness (QED) is 0.696. The van der Waals surface area contributed by atoms with Crippen LogP contribution in [0.3, 0.4) is 0 Å². The molecule has 3 aromatic rings. The number of aromatic nitrogens is 1. The summed E-state index contributed by atoms with van der Waals surface area (Å²) in [5, 5.41) is 4.59. The van der Waals surface area contributed by atoms with E-state index < -0.39 is 0 Å². The minimum absolute atomic E-state index is 0.000483. The Kier molecular flexibility index (Phi) is 4.02. The van der Waals surface area contributed by atoms with Gasteiger partial charge in [-0.2, -0.15) is 0 Å². The second-order valence-electron chi connectivity index (χ2n) is 4.87. The van der Waals surface area contributed by atoms with Crippen LogP contribution in [0.1, 0.15) is 10.4 Å². The average molecular weight is 315 g/mol. The first kappa shape index (κ1) is 14.5. The summed E-state index contributed by atoms with van der Waals surface area (Å²) in [4.78, 5) is 15.5. The number of halogens is 1. The monoisotopic (exact) mass is 314 g/mol. The lowest BCUT2D eigenvalue weighted by Crippen LogP contribution is -2.14. The van der Waals surface area contributed by atoms with E-state index in [0.717, 1.165) is 10.9 Å². The van der Waals surface area contributed by atoms with Crippen molar-refractivity contribution in [3.05, 3.63) is 59.2 Å². The first-order valence-electron chi connectivity index (χ1n) is 6.86. The van der Waals surface area contributed by atoms with Crippen LogP contribution < -0.4 is 10.1 Å². The fourth-order valence-corrected chi connectivity index (χ4v) is 2.56. The Morgan fingerprint density at radius 3 is 2.91 bits per heavy atom. The van der Waals surface area contributed by atoms with Crippen LogP contribution in [-0.4, -0.2) is 24.4 Å². The van der Waals surface area contributed by atoms with Crippen molar-refractivity contribution >= 4 is 34.0 Å². The Morgan fingerprint density at radius 1 is 1.27 bits per heavy atom. The molecule has 5 heteroatoms. The molecule has 2 aromatic carbocycles. The van der Waals surface area contributed by atoms with Crippen LogP contribution >= 0.6 is 11.6 Å². The Bertz CT molecular complexity index is 826. The van der Waals surface area contributed by atoms with Crippen LogP contribution in [0.5, 0.6) is 5.75 Å². The molecular formula is C17H15ClN2O2. The highest BCUT2D eigenvalue weighted by Gasteiger charge is 2.12. The summed E-state index contributed by atoms with van der Waals surface area (Å²) in [6.07, 6.45) is 1.74. The van der Waals surface area contributed by atoms with Crippen LogP contribution in [0.4, 0.5) is 5.69 Å². The fourth-order valence-electron chi connectivity index (χ4n) is 2.39. The van der Waals surface area contributed by atoms with Gasteiger partial charge in [0, 0.05) is 27.7 Å². The Balaban J connectivity index is 1.79. The Morgan fingerprint density at radius 2 is 2.09 bits per heavy atom. The molecule has 0 aliphatic rings. The van der Waals surface area contributed by atoms with E-state index in [1.54, 1.807) is 31.5 Å². The molecule has 22 heavy (non-hydrogen) atoms. The zero-order valence-corrected chi connectivity index (χ0v) is 12.8. The van der Waals surface area contributed by atoms with Gasteiger partial charge in [-0.25, -0.2) is 0 Å². The number of H-pyrrole nitrogens is 1. The summed E-state index contributed by atoms with van der Waals surface area (Å²) in [6.45, 7) is 0.165. The van der Waals surface area contributed by atoms with Gasteiger partial charge in [-0.15, -0.1) is 0 Å². The summed E-state index contributed by atoms with van der Waals surface area (Å²) in [6, 6.07) is 13.0. The highest BCUT2D eigenvalue weighted by molar-refractivity contribution is 6.31. The predicted octanol–water partition coefficient (Wildman–Crippen LogP) is 4.12. The number of carbonyl (C=O) groups excluding carboxylic acids is 1. The first-order valence-corrected chi connectivity index (χ1v) is 7.23. The van der Waals surface area contributed by atoms with Crippen LogP contribution in [0, 0.1) is 0 Å². The third-order valence-corrected chi connectivity index (χ3v) is 3.73. The number of nitrogens with one attached hydrogen (secondary N) is 2. The van der Waals surface area contributed by atoms with E-state index >= 15 is 0 Å². The SMILES string of the molecule is COc1ccc(Cl)cc1NCC(=O)c1c[nH]c2ccccc12. The molecule has 0 aliphatic carbocycles. The largest absolute Gasteiger partial charge is 0.495 e. The van der Waals surface area contributed by atoms with Crippen molar-refractivity contribution in [2.75, 3.05) is 19.0 Å². The predicted molar refractivity (Wildman–Crippen MR) is 89.1 cm³/mol. The van der Waals surface area contributed by atoms with Crippen molar-refractivity contribution in [3.63, 3.8) is 0 Å². The van der Waals surface area contributed by atoms with Crippen molar-refractivity contribution < 1.29 is 9.53 Å². The number of ether oxygens (including phenoxy) is 1. The summed E-state index contributed by atoms with van der Waals surface area (Å²) < 4.78 is 5.25. The minimum Gasteiger partial charge on any atom is -0.495 e. The zero-order valence-electron chi connectivity index (χ0n) is 12.0. The maximum absolute atomic E-state index is 12.4. The number of rotatable bonds is 5. The number of carbonyl (C=O) groups is 1. The van der Waals surface area contributed by atoms with Gasteiger partial charge in [-0.3, -0.25) is 4.79 Å². The van der Waals surface area contributed by atoms with E-state index in [4.69, 9.17) is 16.3 Å². The number of fused-ring (bicyclic) bond motifs is 1. The van der Waals surface area contributed by atoms with Gasteiger partial charge >= 0.3 is 0 Å². The number of benzene rings is 2. The van der Waals surface area contributed by atoms with Gasteiger partial charge in [0.2, 0.25) is 0 Å². The maximum atomic E-state index is 12.4. The third-order valence-electron chi connectivity index (χ3n) is 3.49. The molecule has 4 nitrogen and oxygen atoms in total. The van der Waals surface area contributed by atoms with E-state index in [1.165, 1.54) is 0 Å². The normalized spacial score (nSPS) is 10.6. The van der Waals surface area contributed by atoms with Crippen LogP contribution in [0.15, 0.2) is 48.7 Å². The van der Waals surface area contributed by atoms with Gasteiger partial charge in [-0.05, 0) is 24.3 Å². The summed E-state index contributed by atoms with van der Waals surface area (Å²) in [5.41, 5.74) is 2.32. The van der Waals surface area contributed by atoms with Crippen LogP contribution in [0.2, 0.25) is 5.02 Å². The number of ketones is 1. The molecule has 0 saturated heterocycles. The molecule has 0 bridgehead atoms. The lowest BCUT2D eigenvalue weighted by Gasteiger charge is -2.10. The van der Waals surface area contributed by atoms with Crippen molar-refractivity contribution in [3.8, 4) is 5.75 Å². The topological polar surface area (TPSA) is 54.1 Å². The third kappa shape index (κ3) is 2.78. The van der Waals surface area contributed by atoms with Crippen molar-refractivity contribution in [1.82, 2.24) is 4.98 Å². The molecule has 0 unspecified atom stereocenters. The smallest absolute Gasteiger partial charge is 0.184 e. The highest BCUT2D eigenvalue weighted by atomic mass is 35.5. The maximum Gasteiger partial charge on any atom is 0.184 e. The molecule has 0 amide bonds. The summed E-state index contributed by atoms with van der Waals surface area (Å²) in [5.74, 6) is 0.649. The first-order chi connectivity index (χ1) is 10.7. The molecule has 0 aliphatic heterocycles. The molecule has 0 spiro atoms. The van der Waals surface area contributed by atoms with Gasteiger partial charge < -0.3 is 15.0 Å². The molecule has 2 N–H and O–H groups in total. The van der Waals surface area contributed by atoms with Crippen molar-refractivity contribution in [2.45, 2.75) is 0 Å². The molecule has 0 atom stereocenters. The molecule has 0 fully saturated rings. The number of aromatic amines is 1.